The summed E-state index contributed by atoms with van der Waals surface area (Å²) in [6, 6.07) is 7.12. The van der Waals surface area contributed by atoms with Crippen LogP contribution in [0, 0.1) is 5.92 Å². The summed E-state index contributed by atoms with van der Waals surface area (Å²) in [4.78, 5) is 0. The van der Waals surface area contributed by atoms with E-state index in [1.54, 1.807) is 0 Å². The van der Waals surface area contributed by atoms with E-state index in [0.29, 0.717) is 12.0 Å². The van der Waals surface area contributed by atoms with Gasteiger partial charge in [0.05, 0.1) is 0 Å². The molecule has 3 heteroatoms. The van der Waals surface area contributed by atoms with Crippen molar-refractivity contribution < 1.29 is 0 Å². The minimum absolute atomic E-state index is 0.512. The first-order chi connectivity index (χ1) is 8.24. The van der Waals surface area contributed by atoms with Gasteiger partial charge >= 0.3 is 0 Å². The molecule has 1 nitrogen and oxygen atoms in total. The monoisotopic (exact) mass is 313 g/mol. The van der Waals surface area contributed by atoms with Gasteiger partial charge in [0.25, 0.3) is 0 Å². The van der Waals surface area contributed by atoms with Crippen LogP contribution in [0.5, 0.6) is 0 Å². The lowest BCUT2D eigenvalue weighted by atomic mass is 9.92. The molecule has 1 heterocycles. The predicted octanol–water partition coefficient (Wildman–Crippen LogP) is 4.37. The third-order valence-corrected chi connectivity index (χ3v) is 5.30. The second-order valence-electron chi connectivity index (χ2n) is 4.73. The molecule has 0 saturated carbocycles. The molecular weight excluding hydrogens is 294 g/mol. The molecule has 2 rings (SSSR count). The van der Waals surface area contributed by atoms with Crippen molar-refractivity contribution in [2.24, 2.45) is 5.92 Å². The van der Waals surface area contributed by atoms with E-state index >= 15 is 0 Å². The average molecular weight is 314 g/mol. The molecule has 1 aromatic carbocycles. The summed E-state index contributed by atoms with van der Waals surface area (Å²) in [6.07, 6.45) is 1.19. The molecule has 0 amide bonds. The molecule has 94 valence electrons. The lowest BCUT2D eigenvalue weighted by Gasteiger charge is -2.24. The molecule has 1 N–H and O–H groups in total. The van der Waals surface area contributed by atoms with Crippen LogP contribution in [0.15, 0.2) is 22.7 Å². The van der Waals surface area contributed by atoms with Gasteiger partial charge in [-0.15, -0.1) is 0 Å². The van der Waals surface area contributed by atoms with Gasteiger partial charge < -0.3 is 5.32 Å². The lowest BCUT2D eigenvalue weighted by molar-refractivity contribution is 0.418. The van der Waals surface area contributed by atoms with Crippen LogP contribution in [0.3, 0.4) is 0 Å². The number of halogens is 1. The highest BCUT2D eigenvalue weighted by atomic mass is 79.9. The second-order valence-corrected chi connectivity index (χ2v) is 6.62. The maximum Gasteiger partial charge on any atom is 0.0357 e. The molecule has 1 aliphatic rings. The summed E-state index contributed by atoms with van der Waals surface area (Å²) in [5.74, 6) is 3.07. The second kappa shape index (κ2) is 6.26. The highest BCUT2D eigenvalue weighted by molar-refractivity contribution is 9.10. The van der Waals surface area contributed by atoms with Gasteiger partial charge in [-0.25, -0.2) is 0 Å². The van der Waals surface area contributed by atoms with E-state index in [1.165, 1.54) is 27.8 Å². The van der Waals surface area contributed by atoms with Gasteiger partial charge in [-0.2, -0.15) is 11.8 Å². The van der Waals surface area contributed by atoms with Crippen molar-refractivity contribution in [2.75, 3.05) is 12.3 Å². The van der Waals surface area contributed by atoms with E-state index in [9.17, 15) is 0 Å². The first-order valence-electron chi connectivity index (χ1n) is 6.32. The van der Waals surface area contributed by atoms with Crippen LogP contribution in [0.25, 0.3) is 0 Å². The number of benzene rings is 1. The first kappa shape index (κ1) is 13.4. The molecule has 1 aliphatic heterocycles. The molecule has 1 aromatic rings. The van der Waals surface area contributed by atoms with Crippen molar-refractivity contribution >= 4 is 27.7 Å². The largest absolute Gasteiger partial charge is 0.310 e. The van der Waals surface area contributed by atoms with Gasteiger partial charge in [0.2, 0.25) is 0 Å². The number of thioether (sulfide) groups is 1. The number of rotatable bonds is 3. The molecule has 2 atom stereocenters. The summed E-state index contributed by atoms with van der Waals surface area (Å²) in [5, 5.41) is 3.71. The predicted molar refractivity (Wildman–Crippen MR) is 80.5 cm³/mol. The molecule has 0 fully saturated rings. The van der Waals surface area contributed by atoms with Crippen LogP contribution in [0.4, 0.5) is 0 Å². The zero-order chi connectivity index (χ0) is 12.3. The Morgan fingerprint density at radius 2 is 2.29 bits per heavy atom. The van der Waals surface area contributed by atoms with E-state index in [0.717, 1.165) is 12.3 Å². The summed E-state index contributed by atoms with van der Waals surface area (Å²) >= 11 is 5.74. The first-order valence-corrected chi connectivity index (χ1v) is 8.27. The van der Waals surface area contributed by atoms with Gasteiger partial charge in [-0.05, 0) is 41.8 Å². The van der Waals surface area contributed by atoms with Crippen molar-refractivity contribution in [1.29, 1.82) is 0 Å². The molecule has 0 bridgehead atoms. The summed E-state index contributed by atoms with van der Waals surface area (Å²) < 4.78 is 1.26. The van der Waals surface area contributed by atoms with Crippen LogP contribution >= 0.6 is 27.7 Å². The fourth-order valence-electron chi connectivity index (χ4n) is 2.38. The molecular formula is C14H20BrNS. The normalized spacial score (nSPS) is 24.2. The number of fused-ring (bicyclic) bond motifs is 1. The van der Waals surface area contributed by atoms with Crippen LogP contribution in [0.2, 0.25) is 0 Å². The Morgan fingerprint density at radius 1 is 1.47 bits per heavy atom. The van der Waals surface area contributed by atoms with Gasteiger partial charge in [-0.3, -0.25) is 0 Å². The van der Waals surface area contributed by atoms with Gasteiger partial charge in [0, 0.05) is 16.3 Å². The van der Waals surface area contributed by atoms with E-state index in [1.807, 2.05) is 11.8 Å². The van der Waals surface area contributed by atoms with Gasteiger partial charge in [-0.1, -0.05) is 41.9 Å². The van der Waals surface area contributed by atoms with Crippen LogP contribution < -0.4 is 5.32 Å². The van der Waals surface area contributed by atoms with Crippen molar-refractivity contribution in [3.63, 3.8) is 0 Å². The quantitative estimate of drug-likeness (QED) is 0.889. The molecule has 0 spiro atoms. The lowest BCUT2D eigenvalue weighted by Crippen LogP contribution is -2.28. The van der Waals surface area contributed by atoms with Crippen molar-refractivity contribution in [3.8, 4) is 0 Å². The summed E-state index contributed by atoms with van der Waals surface area (Å²) in [5.41, 5.74) is 2.97. The van der Waals surface area contributed by atoms with Gasteiger partial charge in [0.1, 0.15) is 0 Å². The molecule has 2 unspecified atom stereocenters. The summed E-state index contributed by atoms with van der Waals surface area (Å²) in [6.45, 7) is 5.69. The number of hydrogen-bond acceptors (Lipinski definition) is 2. The minimum atomic E-state index is 0.512. The average Bonchev–Trinajstić information content (AvgIpc) is 2.47. The van der Waals surface area contributed by atoms with E-state index in [4.69, 9.17) is 0 Å². The Hall–Kier alpha value is 0.01000. The zero-order valence-electron chi connectivity index (χ0n) is 10.5. The zero-order valence-corrected chi connectivity index (χ0v) is 12.9. The van der Waals surface area contributed by atoms with E-state index < -0.39 is 0 Å². The maximum atomic E-state index is 3.71. The van der Waals surface area contributed by atoms with E-state index in [2.05, 4.69) is 53.3 Å². The highest BCUT2D eigenvalue weighted by Crippen LogP contribution is 2.37. The molecule has 17 heavy (non-hydrogen) atoms. The molecule has 0 saturated heterocycles. The Kier molecular flexibility index (Phi) is 4.95. The maximum absolute atomic E-state index is 3.71. The van der Waals surface area contributed by atoms with Crippen LogP contribution in [0.1, 0.15) is 37.4 Å². The van der Waals surface area contributed by atoms with Crippen molar-refractivity contribution in [3.05, 3.63) is 33.8 Å². The molecule has 0 radical (unpaired) electrons. The standard InChI is InChI=1S/C14H20BrNS/c1-3-7-16-14-10(2)8-17-9-12-11(14)5-4-6-13(12)15/h4-6,10,14,16H,3,7-9H2,1-2H3. The van der Waals surface area contributed by atoms with E-state index in [-0.39, 0.29) is 0 Å². The third kappa shape index (κ3) is 3.07. The number of nitrogens with one attached hydrogen (secondary N) is 1. The van der Waals surface area contributed by atoms with Crippen LogP contribution in [-0.2, 0) is 5.75 Å². The Labute approximate surface area is 117 Å². The Morgan fingerprint density at radius 3 is 3.06 bits per heavy atom. The fraction of sp³-hybridized carbons (Fsp3) is 0.571. The third-order valence-electron chi connectivity index (χ3n) is 3.30. The summed E-state index contributed by atoms with van der Waals surface area (Å²) in [7, 11) is 0. The SMILES string of the molecule is CCCNC1c2cccc(Br)c2CSCC1C. The molecule has 0 aromatic heterocycles. The van der Waals surface area contributed by atoms with Gasteiger partial charge in [0.15, 0.2) is 0 Å². The topological polar surface area (TPSA) is 12.0 Å². The minimum Gasteiger partial charge on any atom is -0.310 e. The number of hydrogen-bond donors (Lipinski definition) is 1. The Bertz CT molecular complexity index is 380. The highest BCUT2D eigenvalue weighted by Gasteiger charge is 2.25. The smallest absolute Gasteiger partial charge is 0.0357 e. The fourth-order valence-corrected chi connectivity index (χ4v) is 4.30. The molecule has 0 aliphatic carbocycles. The van der Waals surface area contributed by atoms with Crippen molar-refractivity contribution in [2.45, 2.75) is 32.1 Å². The Balaban J connectivity index is 2.33. The van der Waals surface area contributed by atoms with Crippen LogP contribution in [-0.4, -0.2) is 12.3 Å². The van der Waals surface area contributed by atoms with Crippen molar-refractivity contribution in [1.82, 2.24) is 5.32 Å².